The Morgan fingerprint density at radius 1 is 1.15 bits per heavy atom. The summed E-state index contributed by atoms with van der Waals surface area (Å²) in [6.07, 6.45) is 1.84. The van der Waals surface area contributed by atoms with Crippen LogP contribution < -0.4 is 0 Å². The highest BCUT2D eigenvalue weighted by molar-refractivity contribution is 5.80. The zero-order valence-electron chi connectivity index (χ0n) is 15.2. The molecule has 1 atom stereocenters. The number of aromatic nitrogens is 4. The molecule has 0 N–H and O–H groups in total. The average Bonchev–Trinajstić information content (AvgIpc) is 3.23. The second kappa shape index (κ2) is 6.37. The van der Waals surface area contributed by atoms with Crippen LogP contribution in [-0.4, -0.2) is 30.6 Å². The van der Waals surface area contributed by atoms with Gasteiger partial charge in [0.2, 0.25) is 5.91 Å². The summed E-state index contributed by atoms with van der Waals surface area (Å²) >= 11 is 0. The SMILES string of the molecule is Cc1cc(C)n([C@@H](C)C(=O)N2Cc3cnc(-c4ccccc4)nc3C2)n1. The van der Waals surface area contributed by atoms with Gasteiger partial charge in [-0.15, -0.1) is 0 Å². The van der Waals surface area contributed by atoms with Crippen molar-refractivity contribution < 1.29 is 4.79 Å². The van der Waals surface area contributed by atoms with E-state index in [1.165, 1.54) is 0 Å². The predicted octanol–water partition coefficient (Wildman–Crippen LogP) is 3.06. The largest absolute Gasteiger partial charge is 0.330 e. The Labute approximate surface area is 152 Å². The maximum atomic E-state index is 12.9. The van der Waals surface area contributed by atoms with Gasteiger partial charge >= 0.3 is 0 Å². The summed E-state index contributed by atoms with van der Waals surface area (Å²) in [5.74, 6) is 0.751. The van der Waals surface area contributed by atoms with Gasteiger partial charge < -0.3 is 4.90 Å². The van der Waals surface area contributed by atoms with Crippen LogP contribution >= 0.6 is 0 Å². The average molecular weight is 347 g/mol. The molecule has 3 heterocycles. The van der Waals surface area contributed by atoms with Crippen molar-refractivity contribution in [3.05, 3.63) is 65.2 Å². The quantitative estimate of drug-likeness (QED) is 0.730. The number of fused-ring (bicyclic) bond motifs is 1. The van der Waals surface area contributed by atoms with Crippen molar-refractivity contribution in [1.82, 2.24) is 24.6 Å². The Kier molecular flexibility index (Phi) is 4.03. The third kappa shape index (κ3) is 2.87. The van der Waals surface area contributed by atoms with Crippen molar-refractivity contribution in [2.24, 2.45) is 0 Å². The fourth-order valence-electron chi connectivity index (χ4n) is 3.44. The van der Waals surface area contributed by atoms with Crippen LogP contribution in [0, 0.1) is 13.8 Å². The smallest absolute Gasteiger partial charge is 0.247 e. The van der Waals surface area contributed by atoms with E-state index in [1.807, 2.05) is 68.3 Å². The lowest BCUT2D eigenvalue weighted by Crippen LogP contribution is -2.33. The Bertz CT molecular complexity index is 964. The number of carbonyl (C=O) groups excluding carboxylic acids is 1. The molecule has 0 fully saturated rings. The van der Waals surface area contributed by atoms with Crippen LogP contribution in [0.2, 0.25) is 0 Å². The van der Waals surface area contributed by atoms with E-state index in [-0.39, 0.29) is 11.9 Å². The van der Waals surface area contributed by atoms with Crippen LogP contribution in [0.15, 0.2) is 42.6 Å². The Hall–Kier alpha value is -3.02. The lowest BCUT2D eigenvalue weighted by molar-refractivity contribution is -0.135. The lowest BCUT2D eigenvalue weighted by Gasteiger charge is -2.21. The summed E-state index contributed by atoms with van der Waals surface area (Å²) in [5, 5.41) is 4.45. The second-order valence-electron chi connectivity index (χ2n) is 6.77. The maximum Gasteiger partial charge on any atom is 0.247 e. The fourth-order valence-corrected chi connectivity index (χ4v) is 3.44. The molecular formula is C20H21N5O. The molecule has 6 heteroatoms. The summed E-state index contributed by atoms with van der Waals surface area (Å²) in [6.45, 7) is 6.87. The van der Waals surface area contributed by atoms with E-state index in [4.69, 9.17) is 0 Å². The van der Waals surface area contributed by atoms with Crippen LogP contribution in [0.5, 0.6) is 0 Å². The van der Waals surface area contributed by atoms with E-state index in [9.17, 15) is 4.79 Å². The first-order valence-corrected chi connectivity index (χ1v) is 8.74. The summed E-state index contributed by atoms with van der Waals surface area (Å²) in [7, 11) is 0. The summed E-state index contributed by atoms with van der Waals surface area (Å²) in [4.78, 5) is 23.9. The van der Waals surface area contributed by atoms with Crippen molar-refractivity contribution in [2.75, 3.05) is 0 Å². The van der Waals surface area contributed by atoms with E-state index in [0.29, 0.717) is 18.9 Å². The van der Waals surface area contributed by atoms with Gasteiger partial charge in [0.25, 0.3) is 0 Å². The number of aryl methyl sites for hydroxylation is 2. The fraction of sp³-hybridized carbons (Fsp3) is 0.300. The number of carbonyl (C=O) groups is 1. The van der Waals surface area contributed by atoms with E-state index in [2.05, 4.69) is 15.1 Å². The summed E-state index contributed by atoms with van der Waals surface area (Å²) in [6, 6.07) is 11.5. The van der Waals surface area contributed by atoms with Crippen LogP contribution in [-0.2, 0) is 17.9 Å². The standard InChI is InChI=1S/C20H21N5O/c1-13-9-14(2)25(23-13)15(3)20(26)24-11-17-10-21-19(22-18(17)12-24)16-7-5-4-6-8-16/h4-10,15H,11-12H2,1-3H3/t15-/m0/s1. The summed E-state index contributed by atoms with van der Waals surface area (Å²) < 4.78 is 1.79. The maximum absolute atomic E-state index is 12.9. The van der Waals surface area contributed by atoms with Crippen molar-refractivity contribution >= 4 is 5.91 Å². The molecule has 6 nitrogen and oxygen atoms in total. The van der Waals surface area contributed by atoms with Gasteiger partial charge in [0, 0.05) is 29.6 Å². The Balaban J connectivity index is 1.55. The number of hydrogen-bond donors (Lipinski definition) is 0. The van der Waals surface area contributed by atoms with Crippen molar-refractivity contribution in [3.63, 3.8) is 0 Å². The minimum Gasteiger partial charge on any atom is -0.330 e. The molecule has 26 heavy (non-hydrogen) atoms. The first kappa shape index (κ1) is 16.4. The van der Waals surface area contributed by atoms with Crippen LogP contribution in [0.1, 0.15) is 35.6 Å². The molecule has 0 saturated carbocycles. The zero-order chi connectivity index (χ0) is 18.3. The molecule has 0 saturated heterocycles. The van der Waals surface area contributed by atoms with Gasteiger partial charge in [-0.25, -0.2) is 9.97 Å². The molecule has 1 aliphatic rings. The minimum atomic E-state index is -0.334. The first-order chi connectivity index (χ1) is 12.5. The highest BCUT2D eigenvalue weighted by Gasteiger charge is 2.30. The molecule has 0 radical (unpaired) electrons. The summed E-state index contributed by atoms with van der Waals surface area (Å²) in [5.41, 5.74) is 4.83. The first-order valence-electron chi connectivity index (χ1n) is 8.74. The van der Waals surface area contributed by atoms with Gasteiger partial charge in [0.1, 0.15) is 6.04 Å². The van der Waals surface area contributed by atoms with Gasteiger partial charge in [0.15, 0.2) is 5.82 Å². The van der Waals surface area contributed by atoms with Crippen molar-refractivity contribution in [3.8, 4) is 11.4 Å². The lowest BCUT2D eigenvalue weighted by atomic mass is 10.2. The molecule has 1 aliphatic heterocycles. The molecule has 1 aromatic carbocycles. The normalized spacial score (nSPS) is 14.3. The van der Waals surface area contributed by atoms with Gasteiger partial charge in [0.05, 0.1) is 17.9 Å². The molecule has 0 unspecified atom stereocenters. The van der Waals surface area contributed by atoms with E-state index < -0.39 is 0 Å². The molecule has 132 valence electrons. The molecule has 4 rings (SSSR count). The molecular weight excluding hydrogens is 326 g/mol. The van der Waals surface area contributed by atoms with Crippen LogP contribution in [0.3, 0.4) is 0 Å². The molecule has 2 aromatic heterocycles. The Morgan fingerprint density at radius 3 is 2.62 bits per heavy atom. The number of rotatable bonds is 3. The third-order valence-corrected chi connectivity index (χ3v) is 4.77. The molecule has 1 amide bonds. The Morgan fingerprint density at radius 2 is 1.92 bits per heavy atom. The van der Waals surface area contributed by atoms with Gasteiger partial charge in [-0.05, 0) is 26.8 Å². The number of amides is 1. The van der Waals surface area contributed by atoms with Gasteiger partial charge in [-0.1, -0.05) is 30.3 Å². The topological polar surface area (TPSA) is 63.9 Å². The monoisotopic (exact) mass is 347 g/mol. The zero-order valence-corrected chi connectivity index (χ0v) is 15.2. The van der Waals surface area contributed by atoms with Crippen LogP contribution in [0.4, 0.5) is 0 Å². The number of hydrogen-bond acceptors (Lipinski definition) is 4. The molecule has 0 bridgehead atoms. The molecule has 3 aromatic rings. The van der Waals surface area contributed by atoms with E-state index in [1.54, 1.807) is 4.68 Å². The van der Waals surface area contributed by atoms with E-state index >= 15 is 0 Å². The predicted molar refractivity (Wildman–Crippen MR) is 98.1 cm³/mol. The molecule has 0 spiro atoms. The van der Waals surface area contributed by atoms with Crippen molar-refractivity contribution in [2.45, 2.75) is 39.9 Å². The highest BCUT2D eigenvalue weighted by Crippen LogP contribution is 2.26. The van der Waals surface area contributed by atoms with E-state index in [0.717, 1.165) is 28.2 Å². The second-order valence-corrected chi connectivity index (χ2v) is 6.77. The minimum absolute atomic E-state index is 0.0514. The van der Waals surface area contributed by atoms with Gasteiger partial charge in [-0.3, -0.25) is 9.48 Å². The van der Waals surface area contributed by atoms with Crippen molar-refractivity contribution in [1.29, 1.82) is 0 Å². The number of nitrogens with zero attached hydrogens (tertiary/aromatic N) is 5. The molecule has 0 aliphatic carbocycles. The highest BCUT2D eigenvalue weighted by atomic mass is 16.2. The van der Waals surface area contributed by atoms with Gasteiger partial charge in [-0.2, -0.15) is 5.10 Å². The third-order valence-electron chi connectivity index (χ3n) is 4.77. The number of benzene rings is 1. The van der Waals surface area contributed by atoms with Crippen LogP contribution in [0.25, 0.3) is 11.4 Å².